The molecule has 1 saturated carbocycles. The second kappa shape index (κ2) is 5.54. The van der Waals surface area contributed by atoms with Gasteiger partial charge in [0.05, 0.1) is 0 Å². The van der Waals surface area contributed by atoms with Crippen LogP contribution in [0.15, 0.2) is 30.3 Å². The predicted octanol–water partition coefficient (Wildman–Crippen LogP) is 2.71. The number of nitrogens with one attached hydrogen (secondary N) is 1. The Labute approximate surface area is 95.8 Å². The minimum atomic E-state index is -0.315. The highest BCUT2D eigenvalue weighted by Gasteiger charge is 2.20. The third-order valence-electron chi connectivity index (χ3n) is 2.73. The third-order valence-corrected chi connectivity index (χ3v) is 2.73. The van der Waals surface area contributed by atoms with Gasteiger partial charge in [0, 0.05) is 6.54 Å². The largest absolute Gasteiger partial charge is 0.445 e. The molecular weight excluding hydrogens is 202 g/mol. The lowest BCUT2D eigenvalue weighted by molar-refractivity contribution is 0.139. The van der Waals surface area contributed by atoms with Crippen molar-refractivity contribution in [2.45, 2.75) is 25.9 Å². The van der Waals surface area contributed by atoms with Gasteiger partial charge in [0.1, 0.15) is 6.61 Å². The second-order valence-corrected chi connectivity index (χ2v) is 4.22. The molecule has 1 aliphatic carbocycles. The minimum Gasteiger partial charge on any atom is -0.445 e. The Morgan fingerprint density at radius 3 is 2.75 bits per heavy atom. The predicted molar refractivity (Wildman–Crippen MR) is 62.0 cm³/mol. The van der Waals surface area contributed by atoms with Crippen LogP contribution in [0.5, 0.6) is 0 Å². The van der Waals surface area contributed by atoms with Crippen LogP contribution in [0.25, 0.3) is 0 Å². The summed E-state index contributed by atoms with van der Waals surface area (Å²) in [5.41, 5.74) is 1.01. The summed E-state index contributed by atoms with van der Waals surface area (Å²) in [6.45, 7) is 1.08. The quantitative estimate of drug-likeness (QED) is 0.826. The van der Waals surface area contributed by atoms with E-state index < -0.39 is 0 Å². The fourth-order valence-electron chi connectivity index (χ4n) is 1.56. The van der Waals surface area contributed by atoms with E-state index in [2.05, 4.69) is 5.32 Å². The highest BCUT2D eigenvalue weighted by atomic mass is 16.5. The first kappa shape index (κ1) is 11.0. The Morgan fingerprint density at radius 2 is 2.06 bits per heavy atom. The normalized spacial score (nSPS) is 14.5. The van der Waals surface area contributed by atoms with E-state index in [0.717, 1.165) is 24.4 Å². The van der Waals surface area contributed by atoms with Crippen LogP contribution >= 0.6 is 0 Å². The Morgan fingerprint density at radius 1 is 1.31 bits per heavy atom. The van der Waals surface area contributed by atoms with Crippen molar-refractivity contribution in [3.05, 3.63) is 35.9 Å². The topological polar surface area (TPSA) is 38.3 Å². The molecule has 1 fully saturated rings. The molecule has 0 bridgehead atoms. The fourth-order valence-corrected chi connectivity index (χ4v) is 1.56. The van der Waals surface area contributed by atoms with Crippen molar-refractivity contribution in [2.75, 3.05) is 6.54 Å². The summed E-state index contributed by atoms with van der Waals surface area (Å²) in [5.74, 6) is 0.842. The number of ether oxygens (including phenoxy) is 1. The van der Waals surface area contributed by atoms with E-state index in [1.54, 1.807) is 0 Å². The number of hydrogen-bond donors (Lipinski definition) is 1. The van der Waals surface area contributed by atoms with Crippen molar-refractivity contribution in [2.24, 2.45) is 5.92 Å². The summed E-state index contributed by atoms with van der Waals surface area (Å²) < 4.78 is 5.08. The molecule has 1 aromatic carbocycles. The Kier molecular flexibility index (Phi) is 3.81. The van der Waals surface area contributed by atoms with Crippen LogP contribution < -0.4 is 5.32 Å². The first-order valence-corrected chi connectivity index (χ1v) is 5.79. The van der Waals surface area contributed by atoms with Crippen LogP contribution in [0.2, 0.25) is 0 Å². The zero-order valence-corrected chi connectivity index (χ0v) is 9.32. The smallest absolute Gasteiger partial charge is 0.407 e. The molecule has 1 aromatic rings. The van der Waals surface area contributed by atoms with Crippen molar-refractivity contribution in [1.82, 2.24) is 5.32 Å². The molecule has 0 unspecified atom stereocenters. The zero-order chi connectivity index (χ0) is 11.2. The Bertz CT molecular complexity index is 333. The Hall–Kier alpha value is -1.51. The van der Waals surface area contributed by atoms with Crippen LogP contribution in [0.4, 0.5) is 4.79 Å². The van der Waals surface area contributed by atoms with Gasteiger partial charge in [0.2, 0.25) is 0 Å². The zero-order valence-electron chi connectivity index (χ0n) is 9.32. The summed E-state index contributed by atoms with van der Waals surface area (Å²) in [7, 11) is 0. The minimum absolute atomic E-state index is 0.315. The number of alkyl carbamates (subject to hydrolysis) is 1. The molecule has 3 heteroatoms. The van der Waals surface area contributed by atoms with Gasteiger partial charge < -0.3 is 10.1 Å². The number of hydrogen-bond acceptors (Lipinski definition) is 2. The lowest BCUT2D eigenvalue weighted by Gasteiger charge is -2.06. The summed E-state index contributed by atoms with van der Waals surface area (Å²) in [5, 5.41) is 2.76. The molecule has 0 aliphatic heterocycles. The third kappa shape index (κ3) is 3.93. The summed E-state index contributed by atoms with van der Waals surface area (Å²) in [6.07, 6.45) is 3.41. The molecule has 0 aromatic heterocycles. The van der Waals surface area contributed by atoms with Crippen molar-refractivity contribution in [3.63, 3.8) is 0 Å². The molecule has 1 amide bonds. The molecular formula is C13H17NO2. The Balaban J connectivity index is 1.59. The van der Waals surface area contributed by atoms with Crippen LogP contribution in [0.3, 0.4) is 0 Å². The molecule has 3 nitrogen and oxygen atoms in total. The van der Waals surface area contributed by atoms with Gasteiger partial charge in [-0.3, -0.25) is 0 Å². The maximum Gasteiger partial charge on any atom is 0.407 e. The number of carbonyl (C=O) groups is 1. The van der Waals surface area contributed by atoms with E-state index in [9.17, 15) is 4.79 Å². The summed E-state index contributed by atoms with van der Waals surface area (Å²) in [6, 6.07) is 9.70. The van der Waals surface area contributed by atoms with Gasteiger partial charge in [-0.2, -0.15) is 0 Å². The molecule has 1 aliphatic rings. The van der Waals surface area contributed by atoms with Gasteiger partial charge in [0.25, 0.3) is 0 Å². The maximum atomic E-state index is 11.3. The van der Waals surface area contributed by atoms with Crippen molar-refractivity contribution < 1.29 is 9.53 Å². The first-order valence-electron chi connectivity index (χ1n) is 5.79. The lowest BCUT2D eigenvalue weighted by Crippen LogP contribution is -2.25. The number of rotatable bonds is 5. The van der Waals surface area contributed by atoms with Gasteiger partial charge in [-0.15, -0.1) is 0 Å². The van der Waals surface area contributed by atoms with E-state index in [0.29, 0.717) is 6.61 Å². The van der Waals surface area contributed by atoms with Crippen molar-refractivity contribution >= 4 is 6.09 Å². The second-order valence-electron chi connectivity index (χ2n) is 4.22. The molecule has 0 spiro atoms. The van der Waals surface area contributed by atoms with E-state index in [-0.39, 0.29) is 6.09 Å². The number of carbonyl (C=O) groups excluding carboxylic acids is 1. The van der Waals surface area contributed by atoms with E-state index in [1.165, 1.54) is 12.8 Å². The van der Waals surface area contributed by atoms with Crippen molar-refractivity contribution in [3.8, 4) is 0 Å². The summed E-state index contributed by atoms with van der Waals surface area (Å²) in [4.78, 5) is 11.3. The molecule has 16 heavy (non-hydrogen) atoms. The highest BCUT2D eigenvalue weighted by molar-refractivity contribution is 5.67. The van der Waals surface area contributed by atoms with Crippen LogP contribution in [0.1, 0.15) is 24.8 Å². The first-order chi connectivity index (χ1) is 7.84. The van der Waals surface area contributed by atoms with Gasteiger partial charge >= 0.3 is 6.09 Å². The van der Waals surface area contributed by atoms with E-state index in [1.807, 2.05) is 30.3 Å². The summed E-state index contributed by atoms with van der Waals surface area (Å²) >= 11 is 0. The SMILES string of the molecule is O=C(NCCC1CC1)OCc1ccccc1. The molecule has 86 valence electrons. The molecule has 0 atom stereocenters. The molecule has 0 heterocycles. The van der Waals surface area contributed by atoms with E-state index in [4.69, 9.17) is 4.74 Å². The standard InChI is InChI=1S/C13H17NO2/c15-13(14-9-8-11-6-7-11)16-10-12-4-2-1-3-5-12/h1-5,11H,6-10H2,(H,14,15). The van der Waals surface area contributed by atoms with E-state index >= 15 is 0 Å². The monoisotopic (exact) mass is 219 g/mol. The number of amides is 1. The van der Waals surface area contributed by atoms with Gasteiger partial charge in [-0.25, -0.2) is 4.79 Å². The molecule has 0 saturated heterocycles. The average molecular weight is 219 g/mol. The van der Waals surface area contributed by atoms with Gasteiger partial charge in [0.15, 0.2) is 0 Å². The maximum absolute atomic E-state index is 11.3. The number of benzene rings is 1. The van der Waals surface area contributed by atoms with Gasteiger partial charge in [-0.1, -0.05) is 43.2 Å². The van der Waals surface area contributed by atoms with Crippen LogP contribution in [0, 0.1) is 5.92 Å². The van der Waals surface area contributed by atoms with Gasteiger partial charge in [-0.05, 0) is 17.9 Å². The fraction of sp³-hybridized carbons (Fsp3) is 0.462. The highest BCUT2D eigenvalue weighted by Crippen LogP contribution is 2.31. The van der Waals surface area contributed by atoms with Crippen LogP contribution in [-0.4, -0.2) is 12.6 Å². The van der Waals surface area contributed by atoms with Crippen LogP contribution in [-0.2, 0) is 11.3 Å². The molecule has 1 N–H and O–H groups in total. The van der Waals surface area contributed by atoms with Crippen molar-refractivity contribution in [1.29, 1.82) is 0 Å². The lowest BCUT2D eigenvalue weighted by atomic mass is 10.2. The molecule has 0 radical (unpaired) electrons. The molecule has 2 rings (SSSR count). The average Bonchev–Trinajstić information content (AvgIpc) is 3.12.